The van der Waals surface area contributed by atoms with E-state index in [9.17, 15) is 4.79 Å². The molecule has 3 nitrogen and oxygen atoms in total. The fraction of sp³-hybridized carbons (Fsp3) is 0.0714. The van der Waals surface area contributed by atoms with Crippen LogP contribution in [0.3, 0.4) is 0 Å². The predicted molar refractivity (Wildman–Crippen MR) is 68.2 cm³/mol. The van der Waals surface area contributed by atoms with Crippen molar-refractivity contribution in [2.24, 2.45) is 5.73 Å². The Morgan fingerprint density at radius 1 is 1.24 bits per heavy atom. The Morgan fingerprint density at radius 2 is 2.06 bits per heavy atom. The lowest BCUT2D eigenvalue weighted by atomic mass is 9.99. The topological polar surface area (TPSA) is 55.1 Å². The number of benzene rings is 1. The van der Waals surface area contributed by atoms with Gasteiger partial charge >= 0.3 is 0 Å². The summed E-state index contributed by atoms with van der Waals surface area (Å²) >= 11 is 0. The molecule has 0 saturated carbocycles. The zero-order valence-electron chi connectivity index (χ0n) is 9.39. The zero-order valence-corrected chi connectivity index (χ0v) is 9.39. The van der Waals surface area contributed by atoms with Crippen molar-refractivity contribution in [1.82, 2.24) is 5.32 Å². The summed E-state index contributed by atoms with van der Waals surface area (Å²) in [6, 6.07) is 7.42. The quantitative estimate of drug-likeness (QED) is 0.826. The summed E-state index contributed by atoms with van der Waals surface area (Å²) in [5.41, 5.74) is 8.01. The maximum atomic E-state index is 11.3. The van der Waals surface area contributed by atoms with Gasteiger partial charge in [-0.15, -0.1) is 0 Å². The summed E-state index contributed by atoms with van der Waals surface area (Å²) < 4.78 is 0. The average Bonchev–Trinajstić information content (AvgIpc) is 2.58. The third kappa shape index (κ3) is 2.84. The summed E-state index contributed by atoms with van der Waals surface area (Å²) in [4.78, 5) is 11.3. The van der Waals surface area contributed by atoms with Gasteiger partial charge in [-0.05, 0) is 35.8 Å². The molecule has 0 spiro atoms. The van der Waals surface area contributed by atoms with Gasteiger partial charge in [0.2, 0.25) is 5.91 Å². The third-order valence-corrected chi connectivity index (χ3v) is 2.57. The van der Waals surface area contributed by atoms with Crippen molar-refractivity contribution in [2.75, 3.05) is 0 Å². The van der Waals surface area contributed by atoms with E-state index in [1.807, 2.05) is 48.8 Å². The van der Waals surface area contributed by atoms with Crippen molar-refractivity contribution in [3.8, 4) is 0 Å². The number of hydrogen-bond donors (Lipinski definition) is 2. The molecule has 0 aromatic heterocycles. The number of carbonyl (C=O) groups is 1. The molecule has 1 aliphatic rings. The van der Waals surface area contributed by atoms with Crippen molar-refractivity contribution < 1.29 is 4.79 Å². The van der Waals surface area contributed by atoms with E-state index in [4.69, 9.17) is 5.73 Å². The van der Waals surface area contributed by atoms with Crippen LogP contribution in [0, 0.1) is 0 Å². The Labute approximate surface area is 100 Å². The molecule has 2 rings (SSSR count). The highest BCUT2D eigenvalue weighted by atomic mass is 16.1. The molecule has 1 aromatic carbocycles. The van der Waals surface area contributed by atoms with E-state index in [2.05, 4.69) is 5.32 Å². The van der Waals surface area contributed by atoms with Gasteiger partial charge in [0.1, 0.15) is 0 Å². The second-order valence-electron chi connectivity index (χ2n) is 3.80. The van der Waals surface area contributed by atoms with E-state index in [1.54, 1.807) is 6.07 Å². The normalized spacial score (nSPS) is 13.8. The van der Waals surface area contributed by atoms with Crippen LogP contribution in [0.15, 0.2) is 60.5 Å². The molecule has 0 unspecified atom stereocenters. The van der Waals surface area contributed by atoms with Crippen molar-refractivity contribution in [3.63, 3.8) is 0 Å². The van der Waals surface area contributed by atoms with Gasteiger partial charge in [0.25, 0.3) is 0 Å². The average molecular weight is 226 g/mol. The van der Waals surface area contributed by atoms with Gasteiger partial charge in [-0.1, -0.05) is 24.3 Å². The fourth-order valence-corrected chi connectivity index (χ4v) is 1.75. The number of carbonyl (C=O) groups excluding carboxylic acids is 1. The Balaban J connectivity index is 2.27. The lowest BCUT2D eigenvalue weighted by Gasteiger charge is -2.06. The van der Waals surface area contributed by atoms with Gasteiger partial charge < -0.3 is 11.1 Å². The molecule has 3 N–H and O–H groups in total. The summed E-state index contributed by atoms with van der Waals surface area (Å²) in [7, 11) is 0. The summed E-state index contributed by atoms with van der Waals surface area (Å²) in [6.45, 7) is 0. The number of hydrogen-bond acceptors (Lipinski definition) is 2. The lowest BCUT2D eigenvalue weighted by Crippen LogP contribution is -2.13. The SMILES string of the molecule is NC(=O)c1ccccc1CC1=CC=CNC=C1. The van der Waals surface area contributed by atoms with E-state index < -0.39 is 0 Å². The molecule has 0 radical (unpaired) electrons. The number of allylic oxidation sites excluding steroid dienone is 4. The van der Waals surface area contributed by atoms with Crippen LogP contribution >= 0.6 is 0 Å². The molecule has 1 amide bonds. The number of amides is 1. The zero-order chi connectivity index (χ0) is 12.1. The molecule has 0 fully saturated rings. The minimum atomic E-state index is -0.382. The fourth-order valence-electron chi connectivity index (χ4n) is 1.75. The molecule has 17 heavy (non-hydrogen) atoms. The molecule has 0 saturated heterocycles. The number of nitrogens with one attached hydrogen (secondary N) is 1. The van der Waals surface area contributed by atoms with Gasteiger partial charge in [-0.2, -0.15) is 0 Å². The Bertz CT molecular complexity index is 513. The van der Waals surface area contributed by atoms with Gasteiger partial charge in [0, 0.05) is 18.0 Å². The number of primary amides is 1. The smallest absolute Gasteiger partial charge is 0.248 e. The Kier molecular flexibility index (Phi) is 3.40. The van der Waals surface area contributed by atoms with E-state index >= 15 is 0 Å². The molecule has 0 aliphatic carbocycles. The predicted octanol–water partition coefficient (Wildman–Crippen LogP) is 1.89. The first kappa shape index (κ1) is 11.2. The number of rotatable bonds is 3. The van der Waals surface area contributed by atoms with E-state index in [-0.39, 0.29) is 5.91 Å². The molecule has 1 aliphatic heterocycles. The van der Waals surface area contributed by atoms with Crippen molar-refractivity contribution in [3.05, 3.63) is 71.6 Å². The van der Waals surface area contributed by atoms with Crippen molar-refractivity contribution in [1.29, 1.82) is 0 Å². The van der Waals surface area contributed by atoms with E-state index in [1.165, 1.54) is 0 Å². The Hall–Kier alpha value is -2.29. The molecule has 1 heterocycles. The first-order valence-electron chi connectivity index (χ1n) is 5.43. The maximum absolute atomic E-state index is 11.3. The van der Waals surface area contributed by atoms with Crippen LogP contribution in [0.25, 0.3) is 0 Å². The highest BCUT2D eigenvalue weighted by Crippen LogP contribution is 2.15. The van der Waals surface area contributed by atoms with Crippen LogP contribution < -0.4 is 11.1 Å². The van der Waals surface area contributed by atoms with Crippen LogP contribution in [0.5, 0.6) is 0 Å². The van der Waals surface area contributed by atoms with Gasteiger partial charge in [0.05, 0.1) is 0 Å². The van der Waals surface area contributed by atoms with E-state index in [0.717, 1.165) is 11.1 Å². The van der Waals surface area contributed by atoms with Gasteiger partial charge in [-0.3, -0.25) is 4.79 Å². The van der Waals surface area contributed by atoms with Crippen LogP contribution in [0.1, 0.15) is 15.9 Å². The summed E-state index contributed by atoms with van der Waals surface area (Å²) in [6.07, 6.45) is 10.3. The highest BCUT2D eigenvalue weighted by molar-refractivity contribution is 5.94. The highest BCUT2D eigenvalue weighted by Gasteiger charge is 2.07. The Morgan fingerprint density at radius 3 is 2.88 bits per heavy atom. The second kappa shape index (κ2) is 5.16. The third-order valence-electron chi connectivity index (χ3n) is 2.57. The van der Waals surface area contributed by atoms with Crippen LogP contribution in [0.4, 0.5) is 0 Å². The van der Waals surface area contributed by atoms with Crippen molar-refractivity contribution in [2.45, 2.75) is 6.42 Å². The largest absolute Gasteiger partial charge is 0.368 e. The van der Waals surface area contributed by atoms with Crippen LogP contribution in [0.2, 0.25) is 0 Å². The minimum absolute atomic E-state index is 0.382. The molecule has 0 bridgehead atoms. The van der Waals surface area contributed by atoms with Gasteiger partial charge in [-0.25, -0.2) is 0 Å². The molecular formula is C14H14N2O. The number of nitrogens with two attached hydrogens (primary N) is 1. The van der Waals surface area contributed by atoms with Crippen molar-refractivity contribution >= 4 is 5.91 Å². The van der Waals surface area contributed by atoms with Crippen LogP contribution in [-0.4, -0.2) is 5.91 Å². The molecule has 86 valence electrons. The maximum Gasteiger partial charge on any atom is 0.248 e. The monoisotopic (exact) mass is 226 g/mol. The first-order chi connectivity index (χ1) is 8.27. The second-order valence-corrected chi connectivity index (χ2v) is 3.80. The molecule has 3 heteroatoms. The standard InChI is InChI=1S/C14H14N2O/c15-14(17)13-6-2-1-5-12(13)10-11-4-3-8-16-9-7-11/h1-9,16H,10H2,(H2,15,17). The summed E-state index contributed by atoms with van der Waals surface area (Å²) in [5, 5.41) is 3.00. The molecule has 1 aromatic rings. The summed E-state index contributed by atoms with van der Waals surface area (Å²) in [5.74, 6) is -0.382. The minimum Gasteiger partial charge on any atom is -0.368 e. The van der Waals surface area contributed by atoms with Crippen LogP contribution in [-0.2, 0) is 6.42 Å². The lowest BCUT2D eigenvalue weighted by molar-refractivity contribution is 0.0999. The first-order valence-corrected chi connectivity index (χ1v) is 5.43. The molecule has 0 atom stereocenters. The van der Waals surface area contributed by atoms with Gasteiger partial charge in [0.15, 0.2) is 0 Å². The molecular weight excluding hydrogens is 212 g/mol. The van der Waals surface area contributed by atoms with E-state index in [0.29, 0.717) is 12.0 Å².